The van der Waals surface area contributed by atoms with Gasteiger partial charge in [0.25, 0.3) is 5.56 Å². The van der Waals surface area contributed by atoms with Gasteiger partial charge >= 0.3 is 0 Å². The number of hydrogen-bond acceptors (Lipinski definition) is 6. The SMILES string of the molecule is Cc1nn(C)c(C)c1S(=O)(=O)N1CCC[C@@H](C(=O)N2CCc3nc4cc(-c5ccccc5)[nH]n4c(=O)c3C2)C1. The summed E-state index contributed by atoms with van der Waals surface area (Å²) in [7, 11) is -2.07. The zero-order chi connectivity index (χ0) is 27.5. The maximum Gasteiger partial charge on any atom is 0.277 e. The van der Waals surface area contributed by atoms with Crippen LogP contribution in [0.1, 0.15) is 35.5 Å². The van der Waals surface area contributed by atoms with Gasteiger partial charge in [0.1, 0.15) is 4.90 Å². The van der Waals surface area contributed by atoms with Gasteiger partial charge in [-0.25, -0.2) is 17.9 Å². The van der Waals surface area contributed by atoms with Gasteiger partial charge in [-0.1, -0.05) is 30.3 Å². The standard InChI is InChI=1S/C27H31N7O4S/c1-17-25(18(2)31(3)29-17)39(37,38)33-12-7-10-20(15-33)26(35)32-13-11-22-21(16-32)27(36)34-24(28-22)14-23(30-34)19-8-5-4-6-9-19/h4-6,8-9,14,20,30H,7,10-13,15-16H2,1-3H3/t20-/m1/s1. The van der Waals surface area contributed by atoms with Gasteiger partial charge in [-0.2, -0.15) is 9.40 Å². The van der Waals surface area contributed by atoms with Crippen LogP contribution in [0.15, 0.2) is 46.1 Å². The summed E-state index contributed by atoms with van der Waals surface area (Å²) in [5, 5.41) is 7.41. The molecule has 1 saturated heterocycles. The zero-order valence-electron chi connectivity index (χ0n) is 22.2. The first-order chi connectivity index (χ1) is 18.6. The van der Waals surface area contributed by atoms with E-state index in [1.807, 2.05) is 36.4 Å². The van der Waals surface area contributed by atoms with E-state index in [0.29, 0.717) is 60.6 Å². The van der Waals surface area contributed by atoms with Crippen molar-refractivity contribution in [2.24, 2.45) is 13.0 Å². The molecule has 1 atom stereocenters. The summed E-state index contributed by atoms with van der Waals surface area (Å²) >= 11 is 0. The number of rotatable bonds is 4. The number of piperidine rings is 1. The number of amides is 1. The number of fused-ring (bicyclic) bond motifs is 2. The number of nitrogens with one attached hydrogen (secondary N) is 1. The number of nitrogens with zero attached hydrogens (tertiary/aromatic N) is 6. The molecule has 12 heteroatoms. The van der Waals surface area contributed by atoms with Crippen molar-refractivity contribution in [2.45, 2.75) is 44.6 Å². The minimum atomic E-state index is -3.79. The molecule has 39 heavy (non-hydrogen) atoms. The zero-order valence-corrected chi connectivity index (χ0v) is 23.0. The first-order valence-electron chi connectivity index (χ1n) is 13.1. The van der Waals surface area contributed by atoms with Gasteiger partial charge in [0.05, 0.1) is 40.8 Å². The van der Waals surface area contributed by atoms with Crippen LogP contribution in [0.25, 0.3) is 16.9 Å². The fourth-order valence-corrected chi connectivity index (χ4v) is 7.74. The highest BCUT2D eigenvalue weighted by atomic mass is 32.2. The largest absolute Gasteiger partial charge is 0.337 e. The number of H-pyrrole nitrogens is 1. The van der Waals surface area contributed by atoms with Gasteiger partial charge in [-0.05, 0) is 32.3 Å². The molecule has 1 aromatic carbocycles. The van der Waals surface area contributed by atoms with E-state index in [1.54, 1.807) is 30.5 Å². The van der Waals surface area contributed by atoms with E-state index >= 15 is 0 Å². The monoisotopic (exact) mass is 549 g/mol. The predicted octanol–water partition coefficient (Wildman–Crippen LogP) is 2.03. The Morgan fingerprint density at radius 3 is 2.62 bits per heavy atom. The fourth-order valence-electron chi connectivity index (χ4n) is 5.81. The Kier molecular flexibility index (Phi) is 6.18. The summed E-state index contributed by atoms with van der Waals surface area (Å²) in [5.41, 5.74) is 4.30. The number of sulfonamides is 1. The van der Waals surface area contributed by atoms with Gasteiger partial charge in [0.15, 0.2) is 5.65 Å². The van der Waals surface area contributed by atoms with E-state index in [1.165, 1.54) is 8.82 Å². The molecule has 1 amide bonds. The highest BCUT2D eigenvalue weighted by molar-refractivity contribution is 7.89. The predicted molar refractivity (Wildman–Crippen MR) is 145 cm³/mol. The van der Waals surface area contributed by atoms with E-state index in [-0.39, 0.29) is 29.5 Å². The number of benzene rings is 1. The number of aromatic amines is 1. The Morgan fingerprint density at radius 2 is 1.90 bits per heavy atom. The topological polar surface area (TPSA) is 126 Å². The summed E-state index contributed by atoms with van der Waals surface area (Å²) in [6, 6.07) is 11.6. The van der Waals surface area contributed by atoms with Crippen molar-refractivity contribution in [3.8, 4) is 11.3 Å². The minimum absolute atomic E-state index is 0.117. The van der Waals surface area contributed by atoms with Crippen LogP contribution in [0.3, 0.4) is 0 Å². The molecule has 3 aromatic heterocycles. The highest BCUT2D eigenvalue weighted by Gasteiger charge is 2.38. The van der Waals surface area contributed by atoms with Gasteiger partial charge in [-0.3, -0.25) is 19.4 Å². The lowest BCUT2D eigenvalue weighted by Crippen LogP contribution is -2.48. The minimum Gasteiger partial charge on any atom is -0.337 e. The Hall–Kier alpha value is -3.77. The molecule has 0 spiro atoms. The van der Waals surface area contributed by atoms with E-state index < -0.39 is 15.9 Å². The van der Waals surface area contributed by atoms with Crippen LogP contribution in [0.2, 0.25) is 0 Å². The molecule has 2 aliphatic rings. The Morgan fingerprint density at radius 1 is 1.13 bits per heavy atom. The van der Waals surface area contributed by atoms with Crippen LogP contribution in [0, 0.1) is 19.8 Å². The molecular weight excluding hydrogens is 518 g/mol. The molecule has 1 N–H and O–H groups in total. The Bertz CT molecular complexity index is 1750. The normalized spacial score (nSPS) is 18.4. The lowest BCUT2D eigenvalue weighted by atomic mass is 9.96. The van der Waals surface area contributed by atoms with Gasteiger partial charge < -0.3 is 4.90 Å². The molecule has 2 aliphatic heterocycles. The quantitative estimate of drug-likeness (QED) is 0.415. The molecule has 1 fully saturated rings. The van der Waals surface area contributed by atoms with Crippen LogP contribution < -0.4 is 5.56 Å². The first-order valence-corrected chi connectivity index (χ1v) is 14.6. The average molecular weight is 550 g/mol. The summed E-state index contributed by atoms with van der Waals surface area (Å²) < 4.78 is 31.4. The van der Waals surface area contributed by atoms with E-state index in [9.17, 15) is 18.0 Å². The summed E-state index contributed by atoms with van der Waals surface area (Å²) in [5.74, 6) is -0.594. The number of aryl methyl sites for hydroxylation is 2. The van der Waals surface area contributed by atoms with E-state index in [4.69, 9.17) is 4.98 Å². The van der Waals surface area contributed by atoms with Gasteiger partial charge in [0, 0.05) is 39.2 Å². The maximum atomic E-state index is 13.6. The van der Waals surface area contributed by atoms with Crippen LogP contribution >= 0.6 is 0 Å². The highest BCUT2D eigenvalue weighted by Crippen LogP contribution is 2.29. The first kappa shape index (κ1) is 25.5. The third-order valence-electron chi connectivity index (χ3n) is 7.93. The maximum absolute atomic E-state index is 13.6. The summed E-state index contributed by atoms with van der Waals surface area (Å²) in [6.07, 6.45) is 1.67. The van der Waals surface area contributed by atoms with E-state index in [0.717, 1.165) is 11.3 Å². The number of carbonyl (C=O) groups is 1. The molecule has 0 saturated carbocycles. The molecule has 0 bridgehead atoms. The molecular formula is C27H31N7O4S. The van der Waals surface area contributed by atoms with Gasteiger partial charge in [-0.15, -0.1) is 0 Å². The molecule has 6 rings (SSSR count). The molecule has 4 aromatic rings. The second kappa shape index (κ2) is 9.45. The average Bonchev–Trinajstić information content (AvgIpc) is 3.48. The van der Waals surface area contributed by atoms with Crippen LogP contribution in [-0.2, 0) is 34.8 Å². The van der Waals surface area contributed by atoms with Crippen molar-refractivity contribution in [1.82, 2.24) is 33.6 Å². The van der Waals surface area contributed by atoms with Crippen molar-refractivity contribution in [3.05, 3.63) is 69.4 Å². The number of aromatic nitrogens is 5. The molecule has 204 valence electrons. The van der Waals surface area contributed by atoms with Crippen molar-refractivity contribution in [2.75, 3.05) is 19.6 Å². The molecule has 11 nitrogen and oxygen atoms in total. The van der Waals surface area contributed by atoms with Crippen LogP contribution in [0.4, 0.5) is 0 Å². The number of hydrogen-bond donors (Lipinski definition) is 1. The van der Waals surface area contributed by atoms with Gasteiger partial charge in [0.2, 0.25) is 15.9 Å². The Balaban J connectivity index is 1.24. The van der Waals surface area contributed by atoms with E-state index in [2.05, 4.69) is 10.2 Å². The number of carbonyl (C=O) groups excluding carboxylic acids is 1. The second-order valence-electron chi connectivity index (χ2n) is 10.4. The van der Waals surface area contributed by atoms with Crippen molar-refractivity contribution < 1.29 is 13.2 Å². The molecule has 5 heterocycles. The third kappa shape index (κ3) is 4.27. The molecule has 0 radical (unpaired) electrons. The lowest BCUT2D eigenvalue weighted by Gasteiger charge is -2.35. The molecule has 0 aliphatic carbocycles. The van der Waals surface area contributed by atoms with Crippen molar-refractivity contribution in [3.63, 3.8) is 0 Å². The van der Waals surface area contributed by atoms with Crippen molar-refractivity contribution >= 4 is 21.6 Å². The van der Waals surface area contributed by atoms with Crippen LogP contribution in [-0.4, -0.2) is 67.5 Å². The third-order valence-corrected chi connectivity index (χ3v) is 10.0. The Labute approximate surface area is 226 Å². The second-order valence-corrected chi connectivity index (χ2v) is 12.3. The summed E-state index contributed by atoms with van der Waals surface area (Å²) in [6.45, 7) is 4.50. The van der Waals surface area contributed by atoms with Crippen LogP contribution in [0.5, 0.6) is 0 Å². The van der Waals surface area contributed by atoms with Crippen molar-refractivity contribution in [1.29, 1.82) is 0 Å². The fraction of sp³-hybridized carbons (Fsp3) is 0.407. The summed E-state index contributed by atoms with van der Waals surface area (Å²) in [4.78, 5) is 33.7. The lowest BCUT2D eigenvalue weighted by molar-refractivity contribution is -0.137. The smallest absolute Gasteiger partial charge is 0.277 e. The molecule has 0 unspecified atom stereocenters.